The predicted octanol–water partition coefficient (Wildman–Crippen LogP) is 1.31. The Bertz CT molecular complexity index is 587. The average Bonchev–Trinajstić information content (AvgIpc) is 2.87. The van der Waals surface area contributed by atoms with Gasteiger partial charge in [-0.25, -0.2) is 0 Å². The van der Waals surface area contributed by atoms with E-state index in [1.54, 1.807) is 0 Å². The summed E-state index contributed by atoms with van der Waals surface area (Å²) in [5.74, 6) is 0.370. The zero-order valence-electron chi connectivity index (χ0n) is 13.0. The molecule has 21 heavy (non-hydrogen) atoms. The van der Waals surface area contributed by atoms with E-state index < -0.39 is 0 Å². The number of nitrogens with zero attached hydrogens (tertiary/aromatic N) is 3. The maximum absolute atomic E-state index is 13.0. The minimum Gasteiger partial charge on any atom is -0.334 e. The molecule has 1 aromatic heterocycles. The van der Waals surface area contributed by atoms with Gasteiger partial charge >= 0.3 is 0 Å². The van der Waals surface area contributed by atoms with Crippen molar-refractivity contribution < 1.29 is 4.79 Å². The molecule has 1 N–H and O–H groups in total. The summed E-state index contributed by atoms with van der Waals surface area (Å²) in [6, 6.07) is 2.11. The largest absolute Gasteiger partial charge is 0.334 e. The lowest BCUT2D eigenvalue weighted by atomic mass is 9.85. The molecule has 1 unspecified atom stereocenters. The van der Waals surface area contributed by atoms with Crippen LogP contribution in [-0.2, 0) is 17.9 Å². The van der Waals surface area contributed by atoms with Gasteiger partial charge < -0.3 is 10.2 Å². The van der Waals surface area contributed by atoms with Gasteiger partial charge in [-0.05, 0) is 50.8 Å². The number of nitrogens with one attached hydrogen (secondary N) is 1. The molecule has 1 aliphatic carbocycles. The summed E-state index contributed by atoms with van der Waals surface area (Å²) < 4.78 is 2.05. The molecule has 1 aromatic rings. The summed E-state index contributed by atoms with van der Waals surface area (Å²) in [6.45, 7) is 8.70. The van der Waals surface area contributed by atoms with Crippen molar-refractivity contribution in [1.82, 2.24) is 20.0 Å². The highest BCUT2D eigenvalue weighted by Crippen LogP contribution is 2.69. The number of aryl methyl sites for hydroxylation is 1. The van der Waals surface area contributed by atoms with Gasteiger partial charge in [0.2, 0.25) is 5.91 Å². The van der Waals surface area contributed by atoms with E-state index in [9.17, 15) is 4.79 Å². The second kappa shape index (κ2) is 4.32. The first-order valence-corrected chi connectivity index (χ1v) is 8.08. The van der Waals surface area contributed by atoms with Gasteiger partial charge in [-0.1, -0.05) is 6.92 Å². The van der Waals surface area contributed by atoms with Gasteiger partial charge in [-0.2, -0.15) is 5.10 Å². The van der Waals surface area contributed by atoms with Crippen molar-refractivity contribution in [3.05, 3.63) is 17.5 Å². The van der Waals surface area contributed by atoms with E-state index >= 15 is 0 Å². The number of rotatable bonds is 1. The topological polar surface area (TPSA) is 50.2 Å². The molecule has 1 saturated carbocycles. The van der Waals surface area contributed by atoms with E-state index in [-0.39, 0.29) is 10.8 Å². The van der Waals surface area contributed by atoms with Crippen LogP contribution in [0.1, 0.15) is 37.6 Å². The first-order valence-electron chi connectivity index (χ1n) is 8.08. The number of carbonyl (C=O) groups is 1. The van der Waals surface area contributed by atoms with Crippen molar-refractivity contribution in [3.8, 4) is 0 Å². The molecule has 0 aromatic carbocycles. The highest BCUT2D eigenvalue weighted by Gasteiger charge is 2.68. The average molecular weight is 288 g/mol. The molecule has 1 amide bonds. The van der Waals surface area contributed by atoms with Gasteiger partial charge in [0, 0.05) is 6.54 Å². The maximum atomic E-state index is 13.0. The minimum atomic E-state index is -0.119. The summed E-state index contributed by atoms with van der Waals surface area (Å²) in [6.07, 6.45) is 3.38. The van der Waals surface area contributed by atoms with Crippen LogP contribution in [0.3, 0.4) is 0 Å². The fraction of sp³-hybridized carbons (Fsp3) is 0.750. The number of hydrogen-bond donors (Lipinski definition) is 1. The Morgan fingerprint density at radius 1 is 1.33 bits per heavy atom. The van der Waals surface area contributed by atoms with Crippen LogP contribution >= 0.6 is 0 Å². The molecular formula is C16H24N4O. The monoisotopic (exact) mass is 288 g/mol. The van der Waals surface area contributed by atoms with Crippen molar-refractivity contribution in [1.29, 1.82) is 0 Å². The maximum Gasteiger partial charge on any atom is 0.229 e. The lowest BCUT2D eigenvalue weighted by Crippen LogP contribution is -2.44. The normalized spacial score (nSPS) is 30.3. The van der Waals surface area contributed by atoms with E-state index in [0.29, 0.717) is 5.91 Å². The fourth-order valence-corrected chi connectivity index (χ4v) is 4.50. The smallest absolute Gasteiger partial charge is 0.229 e. The van der Waals surface area contributed by atoms with Gasteiger partial charge in [0.05, 0.1) is 29.9 Å². The van der Waals surface area contributed by atoms with Crippen LogP contribution in [0.4, 0.5) is 0 Å². The summed E-state index contributed by atoms with van der Waals surface area (Å²) in [5.41, 5.74) is 2.39. The number of amides is 1. The van der Waals surface area contributed by atoms with Crippen molar-refractivity contribution in [2.45, 2.75) is 46.2 Å². The second-order valence-corrected chi connectivity index (χ2v) is 7.27. The van der Waals surface area contributed by atoms with Crippen molar-refractivity contribution in [3.63, 3.8) is 0 Å². The Hall–Kier alpha value is -1.36. The SMILES string of the molecule is Cc1cc2n(n1)CCN(C(=O)C1(C)CC13CCNCC3)C2. The van der Waals surface area contributed by atoms with Gasteiger partial charge in [0.25, 0.3) is 0 Å². The molecule has 4 rings (SSSR count). The highest BCUT2D eigenvalue weighted by molar-refractivity contribution is 5.87. The van der Waals surface area contributed by atoms with Crippen LogP contribution in [0.5, 0.6) is 0 Å². The quantitative estimate of drug-likeness (QED) is 0.848. The standard InChI is InChI=1S/C16H24N4O/c1-12-9-13-10-19(7-8-20(13)18-12)14(21)15(2)11-16(15)3-5-17-6-4-16/h9,17H,3-8,10-11H2,1-2H3. The lowest BCUT2D eigenvalue weighted by molar-refractivity contribution is -0.139. The number of carbonyl (C=O) groups excluding carboxylic acids is 1. The zero-order valence-corrected chi connectivity index (χ0v) is 13.0. The Balaban J connectivity index is 1.51. The number of aromatic nitrogens is 2. The predicted molar refractivity (Wildman–Crippen MR) is 79.6 cm³/mol. The number of fused-ring (bicyclic) bond motifs is 1. The molecule has 5 nitrogen and oxygen atoms in total. The van der Waals surface area contributed by atoms with E-state index in [1.165, 1.54) is 5.69 Å². The van der Waals surface area contributed by atoms with Crippen LogP contribution in [0.15, 0.2) is 6.07 Å². The third-order valence-electron chi connectivity index (χ3n) is 5.98. The third-order valence-corrected chi connectivity index (χ3v) is 5.98. The van der Waals surface area contributed by atoms with Gasteiger partial charge in [0.15, 0.2) is 0 Å². The number of piperidine rings is 1. The van der Waals surface area contributed by atoms with Gasteiger partial charge in [-0.15, -0.1) is 0 Å². The van der Waals surface area contributed by atoms with E-state index in [0.717, 1.165) is 57.7 Å². The van der Waals surface area contributed by atoms with Crippen LogP contribution in [-0.4, -0.2) is 40.2 Å². The molecule has 0 bridgehead atoms. The molecule has 2 fully saturated rings. The molecule has 1 spiro atoms. The molecule has 1 atom stereocenters. The Labute approximate surface area is 125 Å². The summed E-state index contributed by atoms with van der Waals surface area (Å²) in [7, 11) is 0. The molecule has 114 valence electrons. The Morgan fingerprint density at radius 2 is 2.10 bits per heavy atom. The first kappa shape index (κ1) is 13.3. The van der Waals surface area contributed by atoms with Crippen LogP contribution in [0.2, 0.25) is 0 Å². The van der Waals surface area contributed by atoms with Crippen LogP contribution < -0.4 is 5.32 Å². The molecule has 3 heterocycles. The van der Waals surface area contributed by atoms with Crippen LogP contribution in [0.25, 0.3) is 0 Å². The fourth-order valence-electron chi connectivity index (χ4n) is 4.50. The summed E-state index contributed by atoms with van der Waals surface area (Å²) >= 11 is 0. The highest BCUT2D eigenvalue weighted by atomic mass is 16.2. The van der Waals surface area contributed by atoms with Crippen molar-refractivity contribution in [2.75, 3.05) is 19.6 Å². The van der Waals surface area contributed by atoms with Gasteiger partial charge in [-0.3, -0.25) is 9.48 Å². The summed E-state index contributed by atoms with van der Waals surface area (Å²) in [5, 5.41) is 7.89. The van der Waals surface area contributed by atoms with Gasteiger partial charge in [0.1, 0.15) is 0 Å². The summed E-state index contributed by atoms with van der Waals surface area (Å²) in [4.78, 5) is 15.1. The van der Waals surface area contributed by atoms with Crippen LogP contribution in [0, 0.1) is 17.8 Å². The van der Waals surface area contributed by atoms with Crippen molar-refractivity contribution >= 4 is 5.91 Å². The minimum absolute atomic E-state index is 0.119. The Morgan fingerprint density at radius 3 is 2.86 bits per heavy atom. The number of hydrogen-bond acceptors (Lipinski definition) is 3. The van der Waals surface area contributed by atoms with E-state index in [4.69, 9.17) is 0 Å². The molecule has 1 saturated heterocycles. The van der Waals surface area contributed by atoms with Crippen molar-refractivity contribution in [2.24, 2.45) is 10.8 Å². The second-order valence-electron chi connectivity index (χ2n) is 7.27. The van der Waals surface area contributed by atoms with E-state index in [2.05, 4.69) is 33.0 Å². The first-order chi connectivity index (χ1) is 10.0. The third kappa shape index (κ3) is 1.86. The molecule has 2 aliphatic heterocycles. The lowest BCUT2D eigenvalue weighted by Gasteiger charge is -2.33. The molecule has 5 heteroatoms. The Kier molecular flexibility index (Phi) is 2.74. The molecular weight excluding hydrogens is 264 g/mol. The molecule has 3 aliphatic rings. The molecule has 0 radical (unpaired) electrons. The van der Waals surface area contributed by atoms with E-state index in [1.807, 2.05) is 6.92 Å². The zero-order chi connectivity index (χ0) is 14.7.